The molecular weight excluding hydrogens is 238 g/mol. The number of carbonyl (C=O) groups is 1. The molecule has 0 saturated carbocycles. The fourth-order valence-electron chi connectivity index (χ4n) is 2.35. The van der Waals surface area contributed by atoms with Crippen LogP contribution in [0.4, 0.5) is 0 Å². The molecule has 0 saturated heterocycles. The topological polar surface area (TPSA) is 37.6 Å². The number of pyridine rings is 1. The van der Waals surface area contributed by atoms with Gasteiger partial charge in [0, 0.05) is 25.4 Å². The third-order valence-corrected chi connectivity index (χ3v) is 3.28. The number of carbonyl (C=O) groups excluding carboxylic acids is 1. The number of likely N-dealkylation sites (N-methyl/N-ethyl adjacent to an activating group) is 1. The Morgan fingerprint density at radius 1 is 1.37 bits per heavy atom. The van der Waals surface area contributed by atoms with Crippen molar-refractivity contribution in [1.82, 2.24) is 14.3 Å². The maximum atomic E-state index is 12.1. The predicted molar refractivity (Wildman–Crippen MR) is 76.5 cm³/mol. The average molecular weight is 259 g/mol. The minimum absolute atomic E-state index is 0.0629. The molecule has 2 rings (SSSR count). The van der Waals surface area contributed by atoms with Gasteiger partial charge in [-0.1, -0.05) is 13.0 Å². The molecule has 0 aromatic carbocycles. The van der Waals surface area contributed by atoms with Gasteiger partial charge in [0.1, 0.15) is 11.4 Å². The second kappa shape index (κ2) is 5.53. The summed E-state index contributed by atoms with van der Waals surface area (Å²) in [7, 11) is 3.99. The molecule has 4 nitrogen and oxygen atoms in total. The van der Waals surface area contributed by atoms with Gasteiger partial charge in [0.2, 0.25) is 0 Å². The van der Waals surface area contributed by atoms with Crippen LogP contribution in [0.5, 0.6) is 0 Å². The van der Waals surface area contributed by atoms with Crippen LogP contribution in [0.25, 0.3) is 5.65 Å². The highest BCUT2D eigenvalue weighted by Crippen LogP contribution is 2.20. The SMILES string of the molecule is CCC(=O)C(CN(C)C)c1ccc2nc(C)cn2c1. The summed E-state index contributed by atoms with van der Waals surface area (Å²) in [6, 6.07) is 4.00. The highest BCUT2D eigenvalue weighted by molar-refractivity contribution is 5.85. The van der Waals surface area contributed by atoms with Crippen LogP contribution in [0.1, 0.15) is 30.5 Å². The van der Waals surface area contributed by atoms with Gasteiger partial charge in [-0.25, -0.2) is 4.98 Å². The van der Waals surface area contributed by atoms with Crippen LogP contribution in [0, 0.1) is 6.92 Å². The third kappa shape index (κ3) is 3.01. The number of aryl methyl sites for hydroxylation is 1. The standard InChI is InChI=1S/C15H21N3O/c1-5-14(19)13(10-17(3)4)12-6-7-15-16-11(2)8-18(15)9-12/h6-9,13H,5,10H2,1-4H3. The second-order valence-electron chi connectivity index (χ2n) is 5.24. The first-order chi connectivity index (χ1) is 9.01. The van der Waals surface area contributed by atoms with Gasteiger partial charge in [0.05, 0.1) is 11.6 Å². The highest BCUT2D eigenvalue weighted by atomic mass is 16.1. The molecule has 0 aliphatic rings. The lowest BCUT2D eigenvalue weighted by atomic mass is 9.94. The smallest absolute Gasteiger partial charge is 0.141 e. The number of aromatic nitrogens is 2. The van der Waals surface area contributed by atoms with Crippen LogP contribution in [-0.2, 0) is 4.79 Å². The Morgan fingerprint density at radius 2 is 2.11 bits per heavy atom. The first-order valence-corrected chi connectivity index (χ1v) is 6.64. The molecule has 102 valence electrons. The first-order valence-electron chi connectivity index (χ1n) is 6.64. The fraction of sp³-hybridized carbons (Fsp3) is 0.467. The van der Waals surface area contributed by atoms with Crippen molar-refractivity contribution < 1.29 is 4.79 Å². The predicted octanol–water partition coefficient (Wildman–Crippen LogP) is 2.27. The minimum Gasteiger partial charge on any atom is -0.308 e. The van der Waals surface area contributed by atoms with E-state index in [0.717, 1.165) is 23.4 Å². The van der Waals surface area contributed by atoms with Crippen LogP contribution in [0.2, 0.25) is 0 Å². The van der Waals surface area contributed by atoms with Crippen molar-refractivity contribution in [2.75, 3.05) is 20.6 Å². The van der Waals surface area contributed by atoms with E-state index in [4.69, 9.17) is 0 Å². The van der Waals surface area contributed by atoms with Gasteiger partial charge in [-0.3, -0.25) is 4.79 Å². The molecule has 0 spiro atoms. The molecule has 19 heavy (non-hydrogen) atoms. The number of imidazole rings is 1. The lowest BCUT2D eigenvalue weighted by Gasteiger charge is -2.20. The summed E-state index contributed by atoms with van der Waals surface area (Å²) in [5.41, 5.74) is 2.97. The van der Waals surface area contributed by atoms with Gasteiger partial charge in [-0.05, 0) is 32.6 Å². The zero-order valence-electron chi connectivity index (χ0n) is 12.1. The normalized spacial score (nSPS) is 13.1. The highest BCUT2D eigenvalue weighted by Gasteiger charge is 2.20. The van der Waals surface area contributed by atoms with Gasteiger partial charge in [0.25, 0.3) is 0 Å². The molecule has 4 heteroatoms. The third-order valence-electron chi connectivity index (χ3n) is 3.28. The Hall–Kier alpha value is -1.68. The number of fused-ring (bicyclic) bond motifs is 1. The second-order valence-corrected chi connectivity index (χ2v) is 5.24. The van der Waals surface area contributed by atoms with E-state index in [1.165, 1.54) is 0 Å². The van der Waals surface area contributed by atoms with Gasteiger partial charge >= 0.3 is 0 Å². The average Bonchev–Trinajstić information content (AvgIpc) is 2.73. The van der Waals surface area contributed by atoms with Crippen molar-refractivity contribution in [2.24, 2.45) is 0 Å². The van der Waals surface area contributed by atoms with Crippen molar-refractivity contribution in [1.29, 1.82) is 0 Å². The molecule has 0 N–H and O–H groups in total. The molecule has 1 atom stereocenters. The minimum atomic E-state index is -0.0629. The quantitative estimate of drug-likeness (QED) is 0.826. The van der Waals surface area contributed by atoms with E-state index in [0.29, 0.717) is 6.42 Å². The fourth-order valence-corrected chi connectivity index (χ4v) is 2.35. The summed E-state index contributed by atoms with van der Waals surface area (Å²) in [6.45, 7) is 4.64. The first kappa shape index (κ1) is 13.7. The van der Waals surface area contributed by atoms with Crippen molar-refractivity contribution in [3.05, 3.63) is 35.8 Å². The number of hydrogen-bond donors (Lipinski definition) is 0. The Kier molecular flexibility index (Phi) is 4.00. The summed E-state index contributed by atoms with van der Waals surface area (Å²) in [6.07, 6.45) is 4.58. The largest absolute Gasteiger partial charge is 0.308 e. The van der Waals surface area contributed by atoms with Crippen LogP contribution in [0.3, 0.4) is 0 Å². The number of hydrogen-bond acceptors (Lipinski definition) is 3. The van der Waals surface area contributed by atoms with Crippen molar-refractivity contribution in [3.63, 3.8) is 0 Å². The maximum absolute atomic E-state index is 12.1. The van der Waals surface area contributed by atoms with Crippen LogP contribution >= 0.6 is 0 Å². The molecule has 2 heterocycles. The summed E-state index contributed by atoms with van der Waals surface area (Å²) in [4.78, 5) is 18.6. The lowest BCUT2D eigenvalue weighted by molar-refractivity contribution is -0.120. The van der Waals surface area contributed by atoms with Gasteiger partial charge in [-0.2, -0.15) is 0 Å². The number of Topliss-reactive ketones (excluding diaryl/α,β-unsaturated/α-hetero) is 1. The van der Waals surface area contributed by atoms with E-state index in [-0.39, 0.29) is 11.7 Å². The van der Waals surface area contributed by atoms with E-state index >= 15 is 0 Å². The Bertz CT molecular complexity index is 586. The summed E-state index contributed by atoms with van der Waals surface area (Å²) in [5, 5.41) is 0. The summed E-state index contributed by atoms with van der Waals surface area (Å²) < 4.78 is 2.00. The number of nitrogens with zero attached hydrogens (tertiary/aromatic N) is 3. The van der Waals surface area contributed by atoms with Crippen LogP contribution in [-0.4, -0.2) is 40.7 Å². The van der Waals surface area contributed by atoms with Crippen LogP contribution < -0.4 is 0 Å². The zero-order chi connectivity index (χ0) is 14.0. The van der Waals surface area contributed by atoms with Crippen LogP contribution in [0.15, 0.2) is 24.5 Å². The van der Waals surface area contributed by atoms with Gasteiger partial charge in [-0.15, -0.1) is 0 Å². The maximum Gasteiger partial charge on any atom is 0.141 e. The van der Waals surface area contributed by atoms with Gasteiger partial charge < -0.3 is 9.30 Å². The molecule has 2 aromatic heterocycles. The Labute approximate surface area is 114 Å². The van der Waals surface area contributed by atoms with E-state index in [2.05, 4.69) is 9.88 Å². The van der Waals surface area contributed by atoms with Crippen molar-refractivity contribution in [2.45, 2.75) is 26.2 Å². The number of rotatable bonds is 5. The van der Waals surface area contributed by atoms with E-state index < -0.39 is 0 Å². The monoisotopic (exact) mass is 259 g/mol. The number of ketones is 1. The van der Waals surface area contributed by atoms with Crippen molar-refractivity contribution >= 4 is 11.4 Å². The summed E-state index contributed by atoms with van der Waals surface area (Å²) in [5.74, 6) is 0.219. The molecule has 1 unspecified atom stereocenters. The Morgan fingerprint density at radius 3 is 2.74 bits per heavy atom. The van der Waals surface area contributed by atoms with E-state index in [9.17, 15) is 4.79 Å². The molecular formula is C15H21N3O. The Balaban J connectivity index is 2.39. The lowest BCUT2D eigenvalue weighted by Crippen LogP contribution is -2.26. The molecule has 0 radical (unpaired) electrons. The van der Waals surface area contributed by atoms with Crippen molar-refractivity contribution in [3.8, 4) is 0 Å². The zero-order valence-corrected chi connectivity index (χ0v) is 12.1. The summed E-state index contributed by atoms with van der Waals surface area (Å²) >= 11 is 0. The van der Waals surface area contributed by atoms with E-state index in [1.54, 1.807) is 0 Å². The molecule has 0 aliphatic carbocycles. The molecule has 0 aliphatic heterocycles. The molecule has 0 fully saturated rings. The molecule has 0 bridgehead atoms. The van der Waals surface area contributed by atoms with E-state index in [1.807, 2.05) is 56.9 Å². The molecule has 2 aromatic rings. The van der Waals surface area contributed by atoms with Gasteiger partial charge in [0.15, 0.2) is 0 Å². The molecule has 0 amide bonds.